The summed E-state index contributed by atoms with van der Waals surface area (Å²) in [6, 6.07) is 13.9. The van der Waals surface area contributed by atoms with Gasteiger partial charge in [0.2, 0.25) is 0 Å². The summed E-state index contributed by atoms with van der Waals surface area (Å²) >= 11 is 3.52. The monoisotopic (exact) mass is 377 g/mol. The van der Waals surface area contributed by atoms with E-state index in [0.717, 1.165) is 32.2 Å². The van der Waals surface area contributed by atoms with E-state index in [0.29, 0.717) is 11.5 Å². The second-order valence-electron chi connectivity index (χ2n) is 5.26. The molecule has 2 N–H and O–H groups in total. The molecule has 0 aliphatic heterocycles. The van der Waals surface area contributed by atoms with E-state index in [1.54, 1.807) is 12.4 Å². The van der Waals surface area contributed by atoms with Crippen LogP contribution in [0.5, 0.6) is 0 Å². The van der Waals surface area contributed by atoms with Crippen molar-refractivity contribution in [1.82, 2.24) is 19.9 Å². The lowest BCUT2D eigenvalue weighted by molar-refractivity contribution is 1.19. The van der Waals surface area contributed by atoms with Crippen molar-refractivity contribution in [3.05, 3.63) is 65.7 Å². The lowest BCUT2D eigenvalue weighted by Gasteiger charge is -2.11. The molecule has 3 heterocycles. The average Bonchev–Trinajstić information content (AvgIpc) is 2.62. The van der Waals surface area contributed by atoms with Crippen molar-refractivity contribution in [3.8, 4) is 22.4 Å². The number of pyridine rings is 2. The fourth-order valence-corrected chi connectivity index (χ4v) is 3.03. The zero-order valence-corrected chi connectivity index (χ0v) is 14.1. The molecule has 0 atom stereocenters. The minimum atomic E-state index is 0.417. The molecule has 0 spiro atoms. The molecule has 1 aromatic carbocycles. The lowest BCUT2D eigenvalue weighted by Crippen LogP contribution is -1.98. The molecule has 0 aliphatic carbocycles. The number of anilines is 1. The smallest absolute Gasteiger partial charge is 0.165 e. The predicted octanol–water partition coefficient (Wildman–Crippen LogP) is 4.10. The van der Waals surface area contributed by atoms with Gasteiger partial charge in [0.1, 0.15) is 12.1 Å². The van der Waals surface area contributed by atoms with Gasteiger partial charge in [-0.3, -0.25) is 4.98 Å². The first-order chi connectivity index (χ1) is 11.7. The molecule has 3 aromatic heterocycles. The third-order valence-corrected chi connectivity index (χ3v) is 4.22. The predicted molar refractivity (Wildman–Crippen MR) is 98.1 cm³/mol. The normalized spacial score (nSPS) is 10.9. The topological polar surface area (TPSA) is 77.6 Å². The van der Waals surface area contributed by atoms with E-state index in [1.807, 2.05) is 42.5 Å². The van der Waals surface area contributed by atoms with E-state index in [1.165, 1.54) is 6.33 Å². The molecule has 0 bridgehead atoms. The van der Waals surface area contributed by atoms with Crippen LogP contribution in [0.4, 0.5) is 5.82 Å². The summed E-state index contributed by atoms with van der Waals surface area (Å²) in [5, 5.41) is 0.753. The first-order valence-corrected chi connectivity index (χ1v) is 8.09. The van der Waals surface area contributed by atoms with Gasteiger partial charge < -0.3 is 5.73 Å². The molecule has 5 nitrogen and oxygen atoms in total. The second-order valence-corrected chi connectivity index (χ2v) is 6.18. The Bertz CT molecular complexity index is 1030. The van der Waals surface area contributed by atoms with Crippen molar-refractivity contribution in [3.63, 3.8) is 0 Å². The SMILES string of the molecule is Nc1ncnc2nc(-c3cccnc3)cc(-c3cccc(Br)c3)c12. The van der Waals surface area contributed by atoms with Gasteiger partial charge in [-0.15, -0.1) is 0 Å². The van der Waals surface area contributed by atoms with Gasteiger partial charge in [-0.1, -0.05) is 28.1 Å². The van der Waals surface area contributed by atoms with E-state index in [-0.39, 0.29) is 0 Å². The van der Waals surface area contributed by atoms with Gasteiger partial charge in [-0.2, -0.15) is 0 Å². The standard InChI is InChI=1S/C18H12BrN5/c19-13-5-1-3-11(7-13)14-8-15(12-4-2-6-21-9-12)24-18-16(14)17(20)22-10-23-18/h1-10H,(H2,20,22,23,24). The van der Waals surface area contributed by atoms with Gasteiger partial charge in [0.15, 0.2) is 5.65 Å². The van der Waals surface area contributed by atoms with Crippen LogP contribution in [0.3, 0.4) is 0 Å². The van der Waals surface area contributed by atoms with Crippen LogP contribution in [0.25, 0.3) is 33.4 Å². The number of rotatable bonds is 2. The Balaban J connectivity index is 2.06. The number of benzene rings is 1. The van der Waals surface area contributed by atoms with Crippen LogP contribution in [0, 0.1) is 0 Å². The van der Waals surface area contributed by atoms with Crippen molar-refractivity contribution in [2.24, 2.45) is 0 Å². The number of halogens is 1. The molecule has 0 aliphatic rings. The van der Waals surface area contributed by atoms with Crippen molar-refractivity contribution in [2.75, 3.05) is 5.73 Å². The largest absolute Gasteiger partial charge is 0.383 e. The van der Waals surface area contributed by atoms with Crippen molar-refractivity contribution < 1.29 is 0 Å². The molecule has 4 rings (SSSR count). The zero-order valence-electron chi connectivity index (χ0n) is 12.5. The van der Waals surface area contributed by atoms with Crippen LogP contribution < -0.4 is 5.73 Å². The van der Waals surface area contributed by atoms with Gasteiger partial charge >= 0.3 is 0 Å². The summed E-state index contributed by atoms with van der Waals surface area (Å²) in [6.07, 6.45) is 4.95. The van der Waals surface area contributed by atoms with Crippen molar-refractivity contribution in [2.45, 2.75) is 0 Å². The minimum absolute atomic E-state index is 0.417. The summed E-state index contributed by atoms with van der Waals surface area (Å²) in [6.45, 7) is 0. The van der Waals surface area contributed by atoms with E-state index in [4.69, 9.17) is 5.73 Å². The number of hydrogen-bond acceptors (Lipinski definition) is 5. The third-order valence-electron chi connectivity index (χ3n) is 3.73. The van der Waals surface area contributed by atoms with E-state index in [2.05, 4.69) is 35.9 Å². The molecule has 116 valence electrons. The molecule has 0 unspecified atom stereocenters. The quantitative estimate of drug-likeness (QED) is 0.568. The summed E-state index contributed by atoms with van der Waals surface area (Å²) < 4.78 is 0.989. The molecule has 0 fully saturated rings. The van der Waals surface area contributed by atoms with Gasteiger partial charge in [0.05, 0.1) is 11.1 Å². The molecule has 4 aromatic rings. The van der Waals surface area contributed by atoms with Gasteiger partial charge in [-0.05, 0) is 41.5 Å². The highest BCUT2D eigenvalue weighted by Gasteiger charge is 2.13. The maximum atomic E-state index is 6.11. The molecular weight excluding hydrogens is 366 g/mol. The Labute approximate surface area is 146 Å². The minimum Gasteiger partial charge on any atom is -0.383 e. The number of aromatic nitrogens is 4. The molecule has 24 heavy (non-hydrogen) atoms. The lowest BCUT2D eigenvalue weighted by atomic mass is 10.0. The van der Waals surface area contributed by atoms with Gasteiger partial charge in [0, 0.05) is 22.4 Å². The van der Waals surface area contributed by atoms with Crippen LogP contribution in [-0.2, 0) is 0 Å². The number of nitrogens with zero attached hydrogens (tertiary/aromatic N) is 4. The molecule has 6 heteroatoms. The number of nitrogen functional groups attached to an aromatic ring is 1. The van der Waals surface area contributed by atoms with E-state index >= 15 is 0 Å². The van der Waals surface area contributed by atoms with Crippen molar-refractivity contribution in [1.29, 1.82) is 0 Å². The van der Waals surface area contributed by atoms with Crippen LogP contribution in [0.15, 0.2) is 65.7 Å². The Morgan fingerprint density at radius 3 is 2.62 bits per heavy atom. The Morgan fingerprint density at radius 2 is 1.83 bits per heavy atom. The number of nitrogens with two attached hydrogens (primary N) is 1. The first kappa shape index (κ1) is 14.7. The van der Waals surface area contributed by atoms with E-state index in [9.17, 15) is 0 Å². The summed E-state index contributed by atoms with van der Waals surface area (Å²) in [7, 11) is 0. The van der Waals surface area contributed by atoms with Crippen LogP contribution in [-0.4, -0.2) is 19.9 Å². The number of hydrogen-bond donors (Lipinski definition) is 1. The van der Waals surface area contributed by atoms with Crippen LogP contribution >= 0.6 is 15.9 Å². The summed E-state index contributed by atoms with van der Waals surface area (Å²) in [5.74, 6) is 0.417. The Kier molecular flexibility index (Phi) is 3.66. The fraction of sp³-hybridized carbons (Fsp3) is 0. The van der Waals surface area contributed by atoms with Gasteiger partial charge in [-0.25, -0.2) is 15.0 Å². The average molecular weight is 378 g/mol. The molecule has 0 saturated heterocycles. The van der Waals surface area contributed by atoms with Gasteiger partial charge in [0.25, 0.3) is 0 Å². The van der Waals surface area contributed by atoms with Crippen LogP contribution in [0.1, 0.15) is 0 Å². The summed E-state index contributed by atoms with van der Waals surface area (Å²) in [4.78, 5) is 17.2. The third kappa shape index (κ3) is 2.61. The maximum Gasteiger partial charge on any atom is 0.165 e. The summed E-state index contributed by atoms with van der Waals surface area (Å²) in [5.41, 5.74) is 10.4. The fourth-order valence-electron chi connectivity index (χ4n) is 2.63. The molecular formula is C18H12BrN5. The maximum absolute atomic E-state index is 6.11. The Morgan fingerprint density at radius 1 is 0.958 bits per heavy atom. The zero-order chi connectivity index (χ0) is 16.5. The highest BCUT2D eigenvalue weighted by molar-refractivity contribution is 9.10. The molecule has 0 radical (unpaired) electrons. The second kappa shape index (κ2) is 5.98. The van der Waals surface area contributed by atoms with E-state index < -0.39 is 0 Å². The van der Waals surface area contributed by atoms with Crippen LogP contribution in [0.2, 0.25) is 0 Å². The van der Waals surface area contributed by atoms with Crippen molar-refractivity contribution >= 4 is 32.8 Å². The number of fused-ring (bicyclic) bond motifs is 1. The molecule has 0 amide bonds. The first-order valence-electron chi connectivity index (χ1n) is 7.30. The molecule has 0 saturated carbocycles. The highest BCUT2D eigenvalue weighted by atomic mass is 79.9. The highest BCUT2D eigenvalue weighted by Crippen LogP contribution is 2.34. The Hall–Kier alpha value is -2.86.